The molecule has 0 unspecified atom stereocenters. The van der Waals surface area contributed by atoms with Crippen molar-refractivity contribution in [2.45, 2.75) is 13.3 Å². The zero-order valence-electron chi connectivity index (χ0n) is 17.1. The van der Waals surface area contributed by atoms with Crippen LogP contribution in [0.4, 0.5) is 8.78 Å². The van der Waals surface area contributed by atoms with Crippen LogP contribution in [0.2, 0.25) is 0 Å². The van der Waals surface area contributed by atoms with Gasteiger partial charge in [-0.05, 0) is 54.8 Å². The molecule has 1 aliphatic rings. The first kappa shape index (κ1) is 20.5. The molecule has 1 aromatic heterocycles. The Bertz CT molecular complexity index is 1180. The van der Waals surface area contributed by atoms with E-state index in [0.29, 0.717) is 30.4 Å². The van der Waals surface area contributed by atoms with Gasteiger partial charge in [-0.3, -0.25) is 9.36 Å². The van der Waals surface area contributed by atoms with Gasteiger partial charge in [0.25, 0.3) is 5.91 Å². The summed E-state index contributed by atoms with van der Waals surface area (Å²) in [6.45, 7) is 3.11. The Morgan fingerprint density at radius 1 is 1.23 bits per heavy atom. The molecule has 2 aromatic carbocycles. The van der Waals surface area contributed by atoms with Crippen molar-refractivity contribution in [1.82, 2.24) is 14.5 Å². The summed E-state index contributed by atoms with van der Waals surface area (Å²) >= 11 is 0. The monoisotopic (exact) mass is 422 g/mol. The fourth-order valence-electron chi connectivity index (χ4n) is 3.71. The largest absolute Gasteiger partial charge is 0.497 e. The molecule has 0 radical (unpaired) electrons. The van der Waals surface area contributed by atoms with E-state index < -0.39 is 17.7 Å². The zero-order valence-corrected chi connectivity index (χ0v) is 17.1. The Balaban J connectivity index is 1.86. The summed E-state index contributed by atoms with van der Waals surface area (Å²) in [5.41, 5.74) is 0.207. The normalized spacial score (nSPS) is 15.7. The van der Waals surface area contributed by atoms with E-state index in [1.54, 1.807) is 35.2 Å². The van der Waals surface area contributed by atoms with Crippen molar-refractivity contribution in [2.75, 3.05) is 20.2 Å². The second-order valence-corrected chi connectivity index (χ2v) is 7.56. The number of nitriles is 1. The molecule has 1 atom stereocenters. The van der Waals surface area contributed by atoms with E-state index >= 15 is 4.39 Å². The summed E-state index contributed by atoms with van der Waals surface area (Å²) in [7, 11) is 1.52. The molecule has 3 aromatic rings. The summed E-state index contributed by atoms with van der Waals surface area (Å²) in [6, 6.07) is 12.2. The van der Waals surface area contributed by atoms with Gasteiger partial charge in [0.05, 0.1) is 18.4 Å². The number of aromatic nitrogens is 2. The van der Waals surface area contributed by atoms with Crippen LogP contribution in [0.5, 0.6) is 5.75 Å². The third-order valence-corrected chi connectivity index (χ3v) is 5.41. The van der Waals surface area contributed by atoms with Gasteiger partial charge in [-0.2, -0.15) is 9.65 Å². The summed E-state index contributed by atoms with van der Waals surface area (Å²) in [6.07, 6.45) is 0.847. The molecule has 31 heavy (non-hydrogen) atoms. The number of amides is 1. The molecule has 0 spiro atoms. The van der Waals surface area contributed by atoms with Crippen LogP contribution in [0, 0.1) is 29.0 Å². The molecule has 0 bridgehead atoms. The van der Waals surface area contributed by atoms with E-state index in [0.717, 1.165) is 12.5 Å². The molecule has 1 amide bonds. The first-order valence-electron chi connectivity index (χ1n) is 9.85. The summed E-state index contributed by atoms with van der Waals surface area (Å²) in [4.78, 5) is 18.8. The molecule has 0 saturated carbocycles. The molecule has 1 aliphatic heterocycles. The van der Waals surface area contributed by atoms with E-state index in [9.17, 15) is 9.18 Å². The van der Waals surface area contributed by atoms with Crippen LogP contribution < -0.4 is 4.74 Å². The maximum Gasteiger partial charge on any atom is 0.277 e. The van der Waals surface area contributed by atoms with E-state index in [2.05, 4.69) is 4.98 Å². The maximum atomic E-state index is 15.6. The Morgan fingerprint density at radius 2 is 1.97 bits per heavy atom. The highest BCUT2D eigenvalue weighted by atomic mass is 19.1. The van der Waals surface area contributed by atoms with E-state index in [1.165, 1.54) is 23.8 Å². The summed E-state index contributed by atoms with van der Waals surface area (Å²) < 4.78 is 36.2. The third-order valence-electron chi connectivity index (χ3n) is 5.41. The van der Waals surface area contributed by atoms with Gasteiger partial charge in [0.2, 0.25) is 5.95 Å². The van der Waals surface area contributed by atoms with Gasteiger partial charge in [-0.1, -0.05) is 6.92 Å². The minimum atomic E-state index is -0.825. The zero-order chi connectivity index (χ0) is 22.1. The lowest BCUT2D eigenvalue weighted by atomic mass is 10.1. The van der Waals surface area contributed by atoms with Crippen LogP contribution in [0.3, 0.4) is 0 Å². The molecule has 6 nitrogen and oxygen atoms in total. The van der Waals surface area contributed by atoms with Crippen LogP contribution in [0.25, 0.3) is 17.1 Å². The highest BCUT2D eigenvalue weighted by Gasteiger charge is 2.31. The van der Waals surface area contributed by atoms with Gasteiger partial charge in [0, 0.05) is 18.7 Å². The lowest BCUT2D eigenvalue weighted by Gasteiger charge is -2.14. The highest BCUT2D eigenvalue weighted by molar-refractivity contribution is 5.93. The summed E-state index contributed by atoms with van der Waals surface area (Å²) in [5.74, 6) is -1.08. The number of hydrogen-bond acceptors (Lipinski definition) is 4. The SMILES string of the molecule is COc1ccc(-n2c(-c3ccc(C#N)c(F)c3)nc(C(=O)N3CC[C@H](C)C3)c2F)cc1. The Kier molecular flexibility index (Phi) is 5.42. The van der Waals surface area contributed by atoms with Crippen LogP contribution >= 0.6 is 0 Å². The topological polar surface area (TPSA) is 71.1 Å². The van der Waals surface area contributed by atoms with Crippen molar-refractivity contribution < 1.29 is 18.3 Å². The van der Waals surface area contributed by atoms with Crippen LogP contribution in [-0.2, 0) is 0 Å². The van der Waals surface area contributed by atoms with Gasteiger partial charge < -0.3 is 9.64 Å². The summed E-state index contributed by atoms with van der Waals surface area (Å²) in [5, 5.41) is 8.99. The molecule has 158 valence electrons. The second kappa shape index (κ2) is 8.19. The molecule has 1 saturated heterocycles. The van der Waals surface area contributed by atoms with Gasteiger partial charge in [-0.15, -0.1) is 0 Å². The molecule has 4 rings (SSSR count). The average Bonchev–Trinajstić information content (AvgIpc) is 3.36. The van der Waals surface area contributed by atoms with Crippen molar-refractivity contribution in [1.29, 1.82) is 5.26 Å². The highest BCUT2D eigenvalue weighted by Crippen LogP contribution is 2.29. The number of carbonyl (C=O) groups is 1. The number of nitrogens with zero attached hydrogens (tertiary/aromatic N) is 4. The molecule has 8 heteroatoms. The van der Waals surface area contributed by atoms with Gasteiger partial charge in [0.1, 0.15) is 23.5 Å². The molecule has 0 aliphatic carbocycles. The first-order chi connectivity index (χ1) is 14.9. The van der Waals surface area contributed by atoms with Crippen molar-refractivity contribution in [3.05, 3.63) is 65.5 Å². The number of rotatable bonds is 4. The van der Waals surface area contributed by atoms with Crippen molar-refractivity contribution in [3.63, 3.8) is 0 Å². The molecular weight excluding hydrogens is 402 g/mol. The van der Waals surface area contributed by atoms with Crippen LogP contribution in [0.15, 0.2) is 42.5 Å². The molecule has 0 N–H and O–H groups in total. The minimum Gasteiger partial charge on any atom is -0.497 e. The Morgan fingerprint density at radius 3 is 2.55 bits per heavy atom. The number of benzene rings is 2. The number of halogens is 2. The van der Waals surface area contributed by atoms with Crippen molar-refractivity contribution in [3.8, 4) is 28.9 Å². The number of methoxy groups -OCH3 is 1. The predicted molar refractivity (Wildman–Crippen MR) is 110 cm³/mol. The predicted octanol–water partition coefficient (Wildman–Crippen LogP) is 4.18. The number of hydrogen-bond donors (Lipinski definition) is 0. The quantitative estimate of drug-likeness (QED) is 0.632. The third kappa shape index (κ3) is 3.75. The number of likely N-dealkylation sites (tertiary alicyclic amines) is 1. The number of carbonyl (C=O) groups excluding carboxylic acids is 1. The molecule has 1 fully saturated rings. The van der Waals surface area contributed by atoms with Crippen molar-refractivity contribution in [2.24, 2.45) is 5.92 Å². The Labute approximate surface area is 178 Å². The average molecular weight is 422 g/mol. The van der Waals surface area contributed by atoms with Gasteiger partial charge in [0.15, 0.2) is 5.69 Å². The van der Waals surface area contributed by atoms with E-state index in [1.807, 2.05) is 6.92 Å². The lowest BCUT2D eigenvalue weighted by Crippen LogP contribution is -2.29. The lowest BCUT2D eigenvalue weighted by molar-refractivity contribution is 0.0777. The fourth-order valence-corrected chi connectivity index (χ4v) is 3.71. The van der Waals surface area contributed by atoms with E-state index in [-0.39, 0.29) is 22.6 Å². The van der Waals surface area contributed by atoms with E-state index in [4.69, 9.17) is 10.00 Å². The second-order valence-electron chi connectivity index (χ2n) is 7.56. The number of imidazole rings is 1. The first-order valence-corrected chi connectivity index (χ1v) is 9.85. The van der Waals surface area contributed by atoms with Crippen LogP contribution in [0.1, 0.15) is 29.4 Å². The van der Waals surface area contributed by atoms with Gasteiger partial charge in [-0.25, -0.2) is 9.37 Å². The molecule has 2 heterocycles. The van der Waals surface area contributed by atoms with Crippen LogP contribution in [-0.4, -0.2) is 40.6 Å². The van der Waals surface area contributed by atoms with Gasteiger partial charge >= 0.3 is 0 Å². The minimum absolute atomic E-state index is 0.0710. The Hall–Kier alpha value is -3.73. The number of ether oxygens (including phenoxy) is 1. The molecular formula is C23H20F2N4O2. The maximum absolute atomic E-state index is 15.6. The standard InChI is InChI=1S/C23H20F2N4O2/c1-14-9-10-28(13-14)23(30)20-21(25)29(17-5-7-18(31-2)8-6-17)22(27-20)15-3-4-16(12-26)19(24)11-15/h3-8,11,14H,9-10,13H2,1-2H3/t14-/m0/s1. The smallest absolute Gasteiger partial charge is 0.277 e. The van der Waals surface area contributed by atoms with Crippen molar-refractivity contribution >= 4 is 5.91 Å². The fraction of sp³-hybridized carbons (Fsp3) is 0.261.